The number of ketones is 1. The van der Waals surface area contributed by atoms with E-state index in [0.717, 1.165) is 5.39 Å². The maximum Gasteiger partial charge on any atom is 0.375 e. The number of hydrogen-bond acceptors (Lipinski definition) is 6. The number of benzene rings is 2. The van der Waals surface area contributed by atoms with Gasteiger partial charge in [0.1, 0.15) is 5.58 Å². The average Bonchev–Trinajstić information content (AvgIpc) is 3.07. The molecule has 0 aliphatic heterocycles. The first-order valence-electron chi connectivity index (χ1n) is 9.03. The molecule has 0 aliphatic carbocycles. The Bertz CT molecular complexity index is 1070. The van der Waals surface area contributed by atoms with Gasteiger partial charge < -0.3 is 19.2 Å². The number of hydrogen-bond donors (Lipinski definition) is 1. The smallest absolute Gasteiger partial charge is 0.375 e. The van der Waals surface area contributed by atoms with E-state index in [1.165, 1.54) is 21.0 Å². The zero-order valence-electron chi connectivity index (χ0n) is 16.4. The van der Waals surface area contributed by atoms with Gasteiger partial charge in [0.15, 0.2) is 11.9 Å². The molecule has 1 heterocycles. The maximum absolute atomic E-state index is 12.6. The maximum atomic E-state index is 12.6. The van der Waals surface area contributed by atoms with Gasteiger partial charge in [0, 0.05) is 29.3 Å². The first-order valence-corrected chi connectivity index (χ1v) is 9.03. The van der Waals surface area contributed by atoms with Crippen molar-refractivity contribution in [1.29, 1.82) is 0 Å². The summed E-state index contributed by atoms with van der Waals surface area (Å²) in [5.41, 5.74) is 2.01. The van der Waals surface area contributed by atoms with Crippen LogP contribution in [0.1, 0.15) is 40.3 Å². The Morgan fingerprint density at radius 1 is 1.10 bits per heavy atom. The number of nitrogens with one attached hydrogen (secondary N) is 1. The van der Waals surface area contributed by atoms with Crippen LogP contribution in [0, 0.1) is 0 Å². The lowest BCUT2D eigenvalue weighted by molar-refractivity contribution is -0.123. The Morgan fingerprint density at radius 2 is 1.86 bits per heavy atom. The van der Waals surface area contributed by atoms with Crippen LogP contribution in [0.5, 0.6) is 0 Å². The summed E-state index contributed by atoms with van der Waals surface area (Å²) in [7, 11) is 1.52. The number of anilines is 1. The van der Waals surface area contributed by atoms with Crippen LogP contribution in [0.15, 0.2) is 52.9 Å². The van der Waals surface area contributed by atoms with Crippen molar-refractivity contribution in [1.82, 2.24) is 0 Å². The standard InChI is InChI=1S/C22H21NO6/c1-13(24)15-7-6-8-16(11-15)23-21(25)14(2)28-22(26)20-18(12-27-3)17-9-4-5-10-19(17)29-20/h4-11,14H,12H2,1-3H3,(H,23,25)/t14-/m0/s1. The molecule has 0 fully saturated rings. The monoisotopic (exact) mass is 395 g/mol. The van der Waals surface area contributed by atoms with Crippen LogP contribution in [0.3, 0.4) is 0 Å². The van der Waals surface area contributed by atoms with E-state index in [1.54, 1.807) is 36.4 Å². The van der Waals surface area contributed by atoms with E-state index < -0.39 is 18.0 Å². The van der Waals surface area contributed by atoms with E-state index in [2.05, 4.69) is 5.32 Å². The van der Waals surface area contributed by atoms with Crippen molar-refractivity contribution in [3.63, 3.8) is 0 Å². The minimum atomic E-state index is -1.08. The summed E-state index contributed by atoms with van der Waals surface area (Å²) < 4.78 is 16.1. The molecule has 0 spiro atoms. The largest absolute Gasteiger partial charge is 0.449 e. The second-order valence-corrected chi connectivity index (χ2v) is 6.51. The van der Waals surface area contributed by atoms with Gasteiger partial charge in [0.25, 0.3) is 5.91 Å². The van der Waals surface area contributed by atoms with Crippen LogP contribution in [0.2, 0.25) is 0 Å². The molecule has 3 aromatic rings. The third kappa shape index (κ3) is 4.52. The number of fused-ring (bicyclic) bond motifs is 1. The lowest BCUT2D eigenvalue weighted by Crippen LogP contribution is -2.30. The van der Waals surface area contributed by atoms with Crippen molar-refractivity contribution >= 4 is 34.3 Å². The highest BCUT2D eigenvalue weighted by Gasteiger charge is 2.26. The van der Waals surface area contributed by atoms with Gasteiger partial charge in [-0.25, -0.2) is 4.79 Å². The van der Waals surface area contributed by atoms with Crippen LogP contribution >= 0.6 is 0 Å². The van der Waals surface area contributed by atoms with Crippen LogP contribution in [-0.2, 0) is 20.9 Å². The van der Waals surface area contributed by atoms with E-state index in [0.29, 0.717) is 22.4 Å². The number of para-hydroxylation sites is 1. The van der Waals surface area contributed by atoms with Gasteiger partial charge in [-0.05, 0) is 32.0 Å². The second kappa shape index (κ2) is 8.70. The van der Waals surface area contributed by atoms with Gasteiger partial charge in [-0.3, -0.25) is 9.59 Å². The quantitative estimate of drug-likeness (QED) is 0.481. The molecular weight excluding hydrogens is 374 g/mol. The number of Topliss-reactive ketones (excluding diaryl/α,β-unsaturated/α-hetero) is 1. The molecule has 1 amide bonds. The molecule has 1 atom stereocenters. The number of carbonyl (C=O) groups excluding carboxylic acids is 3. The number of carbonyl (C=O) groups is 3. The highest BCUT2D eigenvalue weighted by Crippen LogP contribution is 2.27. The summed E-state index contributed by atoms with van der Waals surface area (Å²) in [5.74, 6) is -1.39. The van der Waals surface area contributed by atoms with Crippen LogP contribution in [0.25, 0.3) is 11.0 Å². The fourth-order valence-corrected chi connectivity index (χ4v) is 2.88. The fraction of sp³-hybridized carbons (Fsp3) is 0.227. The summed E-state index contributed by atoms with van der Waals surface area (Å²) in [6.45, 7) is 3.07. The van der Waals surface area contributed by atoms with E-state index in [9.17, 15) is 14.4 Å². The van der Waals surface area contributed by atoms with Crippen molar-refractivity contribution < 1.29 is 28.3 Å². The zero-order chi connectivity index (χ0) is 21.0. The molecule has 29 heavy (non-hydrogen) atoms. The van der Waals surface area contributed by atoms with Crippen molar-refractivity contribution in [3.8, 4) is 0 Å². The molecule has 2 aromatic carbocycles. The summed E-state index contributed by atoms with van der Waals surface area (Å²) >= 11 is 0. The predicted octanol–water partition coefficient (Wildman–Crippen LogP) is 3.97. The Kier molecular flexibility index (Phi) is 6.09. The van der Waals surface area contributed by atoms with E-state index >= 15 is 0 Å². The fourth-order valence-electron chi connectivity index (χ4n) is 2.88. The number of furan rings is 1. The molecule has 0 saturated carbocycles. The first kappa shape index (κ1) is 20.3. The topological polar surface area (TPSA) is 94.8 Å². The van der Waals surface area contributed by atoms with E-state index in [4.69, 9.17) is 13.9 Å². The average molecular weight is 395 g/mol. The second-order valence-electron chi connectivity index (χ2n) is 6.51. The van der Waals surface area contributed by atoms with Gasteiger partial charge in [0.05, 0.1) is 6.61 Å². The first-order chi connectivity index (χ1) is 13.9. The van der Waals surface area contributed by atoms with Crippen molar-refractivity contribution in [3.05, 3.63) is 65.4 Å². The number of rotatable bonds is 7. The molecule has 0 radical (unpaired) electrons. The molecular formula is C22H21NO6. The van der Waals surface area contributed by atoms with E-state index in [1.807, 2.05) is 12.1 Å². The Labute approximate surface area is 167 Å². The molecule has 150 valence electrons. The Morgan fingerprint density at radius 3 is 2.59 bits per heavy atom. The van der Waals surface area contributed by atoms with Crippen LogP contribution < -0.4 is 5.32 Å². The van der Waals surface area contributed by atoms with Gasteiger partial charge >= 0.3 is 5.97 Å². The summed E-state index contributed by atoms with van der Waals surface area (Å²) in [4.78, 5) is 36.5. The molecule has 7 nitrogen and oxygen atoms in total. The lowest BCUT2D eigenvalue weighted by atomic mass is 10.1. The molecule has 1 N–H and O–H groups in total. The Balaban J connectivity index is 1.74. The molecule has 0 unspecified atom stereocenters. The van der Waals surface area contributed by atoms with Crippen molar-refractivity contribution in [2.75, 3.05) is 12.4 Å². The highest BCUT2D eigenvalue weighted by molar-refractivity contribution is 6.00. The van der Waals surface area contributed by atoms with Crippen molar-refractivity contribution in [2.45, 2.75) is 26.6 Å². The zero-order valence-corrected chi connectivity index (χ0v) is 16.4. The number of amides is 1. The number of esters is 1. The van der Waals surface area contributed by atoms with Gasteiger partial charge in [-0.2, -0.15) is 0 Å². The normalized spacial score (nSPS) is 11.8. The SMILES string of the molecule is COCc1c(C(=O)O[C@@H](C)C(=O)Nc2cccc(C(C)=O)c2)oc2ccccc12. The number of methoxy groups -OCH3 is 1. The molecule has 1 aromatic heterocycles. The van der Waals surface area contributed by atoms with Crippen molar-refractivity contribution in [2.24, 2.45) is 0 Å². The molecule has 3 rings (SSSR count). The molecule has 0 bridgehead atoms. The number of ether oxygens (including phenoxy) is 2. The third-order valence-electron chi connectivity index (χ3n) is 4.36. The van der Waals surface area contributed by atoms with E-state index in [-0.39, 0.29) is 18.2 Å². The molecule has 0 saturated heterocycles. The predicted molar refractivity (Wildman–Crippen MR) is 107 cm³/mol. The summed E-state index contributed by atoms with van der Waals surface area (Å²) in [6, 6.07) is 13.7. The van der Waals surface area contributed by atoms with Gasteiger partial charge in [-0.15, -0.1) is 0 Å². The molecule has 7 heteroatoms. The van der Waals surface area contributed by atoms with Crippen LogP contribution in [-0.4, -0.2) is 30.9 Å². The minimum Gasteiger partial charge on any atom is -0.449 e. The Hall–Kier alpha value is -3.45. The molecule has 0 aliphatic rings. The minimum absolute atomic E-state index is 0.00581. The summed E-state index contributed by atoms with van der Waals surface area (Å²) in [6.07, 6.45) is -1.08. The lowest BCUT2D eigenvalue weighted by Gasteiger charge is -2.13. The van der Waals surface area contributed by atoms with Crippen LogP contribution in [0.4, 0.5) is 5.69 Å². The van der Waals surface area contributed by atoms with Gasteiger partial charge in [0.2, 0.25) is 5.76 Å². The third-order valence-corrected chi connectivity index (χ3v) is 4.36. The highest BCUT2D eigenvalue weighted by atomic mass is 16.6. The summed E-state index contributed by atoms with van der Waals surface area (Å²) in [5, 5.41) is 3.39. The van der Waals surface area contributed by atoms with Gasteiger partial charge in [-0.1, -0.05) is 30.3 Å².